The predicted octanol–water partition coefficient (Wildman–Crippen LogP) is 3.28. The first-order chi connectivity index (χ1) is 14.0. The van der Waals surface area contributed by atoms with E-state index in [0.29, 0.717) is 23.1 Å². The standard InChI is InChI=1S/C23H25N5O/c1-23-12-17(27(15-23)13-16-7-3-2-4-8-16)14-28(23)20-11-19(25-26-22(20)24)18-9-5-6-10-21(18)29/h2-11,17,29H,12-15H2,1H3,(H2,24,26)/t17-,23+/m0/s1. The van der Waals surface area contributed by atoms with Crippen LogP contribution in [0.1, 0.15) is 18.9 Å². The quantitative estimate of drug-likeness (QED) is 0.715. The summed E-state index contributed by atoms with van der Waals surface area (Å²) in [6.45, 7) is 5.18. The molecule has 3 heterocycles. The van der Waals surface area contributed by atoms with Gasteiger partial charge >= 0.3 is 0 Å². The maximum atomic E-state index is 10.2. The number of para-hydroxylation sites is 1. The monoisotopic (exact) mass is 387 g/mol. The van der Waals surface area contributed by atoms with E-state index in [-0.39, 0.29) is 11.3 Å². The molecule has 2 aromatic carbocycles. The zero-order chi connectivity index (χ0) is 20.0. The van der Waals surface area contributed by atoms with E-state index in [1.165, 1.54) is 5.56 Å². The molecule has 5 rings (SSSR count). The fourth-order valence-electron chi connectivity index (χ4n) is 4.90. The molecule has 2 bridgehead atoms. The van der Waals surface area contributed by atoms with Crippen LogP contribution in [0.3, 0.4) is 0 Å². The fraction of sp³-hybridized carbons (Fsp3) is 0.304. The minimum atomic E-state index is 0.00655. The molecule has 1 aromatic heterocycles. The SMILES string of the molecule is C[C@]12C[C@@H](CN1c1cc(-c3ccccc3O)nnc1N)N(Cc1ccccc1)C2. The molecule has 148 valence electrons. The fourth-order valence-corrected chi connectivity index (χ4v) is 4.90. The number of benzene rings is 2. The van der Waals surface area contributed by atoms with Gasteiger partial charge in [-0.05, 0) is 37.1 Å². The Kier molecular flexibility index (Phi) is 4.17. The van der Waals surface area contributed by atoms with Gasteiger partial charge in [0.2, 0.25) is 0 Å². The molecule has 6 nitrogen and oxygen atoms in total. The third-order valence-corrected chi connectivity index (χ3v) is 6.28. The van der Waals surface area contributed by atoms with E-state index in [9.17, 15) is 5.11 Å². The van der Waals surface area contributed by atoms with E-state index in [0.717, 1.165) is 31.7 Å². The molecule has 29 heavy (non-hydrogen) atoms. The van der Waals surface area contributed by atoms with Gasteiger partial charge in [0.05, 0.1) is 16.9 Å². The summed E-state index contributed by atoms with van der Waals surface area (Å²) in [4.78, 5) is 4.95. The molecule has 3 N–H and O–H groups in total. The number of likely N-dealkylation sites (tertiary alicyclic amines) is 1. The third-order valence-electron chi connectivity index (χ3n) is 6.28. The average molecular weight is 387 g/mol. The van der Waals surface area contributed by atoms with Gasteiger partial charge in [0, 0.05) is 31.2 Å². The van der Waals surface area contributed by atoms with E-state index in [4.69, 9.17) is 5.73 Å². The molecule has 6 heteroatoms. The number of nitrogens with zero attached hydrogens (tertiary/aromatic N) is 4. The van der Waals surface area contributed by atoms with Crippen molar-refractivity contribution in [3.63, 3.8) is 0 Å². The summed E-state index contributed by atoms with van der Waals surface area (Å²) in [5.74, 6) is 0.633. The van der Waals surface area contributed by atoms with Gasteiger partial charge < -0.3 is 15.7 Å². The highest BCUT2D eigenvalue weighted by molar-refractivity contribution is 5.75. The number of piperazine rings is 1. The molecule has 2 atom stereocenters. The van der Waals surface area contributed by atoms with Crippen molar-refractivity contribution >= 4 is 11.5 Å². The summed E-state index contributed by atoms with van der Waals surface area (Å²) in [5, 5.41) is 18.6. The van der Waals surface area contributed by atoms with Crippen molar-refractivity contribution in [1.29, 1.82) is 0 Å². The van der Waals surface area contributed by atoms with Gasteiger partial charge in [-0.3, -0.25) is 4.90 Å². The molecule has 3 aromatic rings. The third kappa shape index (κ3) is 3.09. The first kappa shape index (κ1) is 17.9. The molecule has 0 saturated carbocycles. The van der Waals surface area contributed by atoms with Crippen molar-refractivity contribution in [3.05, 3.63) is 66.2 Å². The van der Waals surface area contributed by atoms with Crippen molar-refractivity contribution in [2.24, 2.45) is 0 Å². The van der Waals surface area contributed by atoms with E-state index < -0.39 is 0 Å². The molecule has 2 aliphatic heterocycles. The van der Waals surface area contributed by atoms with Gasteiger partial charge in [0.1, 0.15) is 5.75 Å². The number of hydrogen-bond acceptors (Lipinski definition) is 6. The maximum Gasteiger partial charge on any atom is 0.169 e. The number of nitrogen functional groups attached to an aromatic ring is 1. The van der Waals surface area contributed by atoms with Gasteiger partial charge in [-0.15, -0.1) is 10.2 Å². The molecule has 0 amide bonds. The van der Waals surface area contributed by atoms with Gasteiger partial charge in [-0.2, -0.15) is 0 Å². The number of phenolic OH excluding ortho intramolecular Hbond substituents is 1. The number of aromatic hydroxyl groups is 1. The molecule has 2 aliphatic rings. The Morgan fingerprint density at radius 2 is 1.86 bits per heavy atom. The van der Waals surface area contributed by atoms with Gasteiger partial charge in [0.25, 0.3) is 0 Å². The summed E-state index contributed by atoms with van der Waals surface area (Å²) in [6.07, 6.45) is 1.10. The molecule has 0 unspecified atom stereocenters. The normalized spacial score (nSPS) is 23.6. The zero-order valence-electron chi connectivity index (χ0n) is 16.5. The average Bonchev–Trinajstić information content (AvgIpc) is 3.22. The minimum Gasteiger partial charge on any atom is -0.507 e. The maximum absolute atomic E-state index is 10.2. The number of aromatic nitrogens is 2. The number of fused-ring (bicyclic) bond motifs is 2. The van der Waals surface area contributed by atoms with Crippen LogP contribution in [0.2, 0.25) is 0 Å². The van der Waals surface area contributed by atoms with E-state index in [1.54, 1.807) is 12.1 Å². The molecule has 2 fully saturated rings. The highest BCUT2D eigenvalue weighted by Crippen LogP contribution is 2.45. The second-order valence-corrected chi connectivity index (χ2v) is 8.37. The van der Waals surface area contributed by atoms with Crippen molar-refractivity contribution in [2.45, 2.75) is 31.5 Å². The van der Waals surface area contributed by atoms with Crippen LogP contribution in [0.25, 0.3) is 11.3 Å². The molecule has 0 radical (unpaired) electrons. The van der Waals surface area contributed by atoms with Crippen LogP contribution >= 0.6 is 0 Å². The van der Waals surface area contributed by atoms with Crippen molar-refractivity contribution in [1.82, 2.24) is 15.1 Å². The van der Waals surface area contributed by atoms with Crippen LogP contribution in [-0.2, 0) is 6.54 Å². The largest absolute Gasteiger partial charge is 0.507 e. The lowest BCUT2D eigenvalue weighted by Gasteiger charge is -2.42. The second kappa shape index (κ2) is 6.74. The summed E-state index contributed by atoms with van der Waals surface area (Å²) in [5.41, 5.74) is 9.81. The number of anilines is 2. The second-order valence-electron chi connectivity index (χ2n) is 8.37. The molecule has 2 saturated heterocycles. The van der Waals surface area contributed by atoms with Crippen LogP contribution in [-0.4, -0.2) is 44.9 Å². The summed E-state index contributed by atoms with van der Waals surface area (Å²) < 4.78 is 0. The van der Waals surface area contributed by atoms with Crippen molar-refractivity contribution in [3.8, 4) is 17.0 Å². The predicted molar refractivity (Wildman–Crippen MR) is 115 cm³/mol. The summed E-state index contributed by atoms with van der Waals surface area (Å²) in [6, 6.07) is 20.3. The van der Waals surface area contributed by atoms with Crippen molar-refractivity contribution < 1.29 is 5.11 Å². The van der Waals surface area contributed by atoms with Crippen LogP contribution in [0.4, 0.5) is 11.5 Å². The summed E-state index contributed by atoms with van der Waals surface area (Å²) in [7, 11) is 0. The highest BCUT2D eigenvalue weighted by atomic mass is 16.3. The van der Waals surface area contributed by atoms with Crippen LogP contribution < -0.4 is 10.6 Å². The molecular weight excluding hydrogens is 362 g/mol. The Morgan fingerprint density at radius 3 is 2.59 bits per heavy atom. The smallest absolute Gasteiger partial charge is 0.169 e. The number of nitrogens with two attached hydrogens (primary N) is 1. The summed E-state index contributed by atoms with van der Waals surface area (Å²) >= 11 is 0. The minimum absolute atomic E-state index is 0.00655. The lowest BCUT2D eigenvalue weighted by atomic mass is 10.0. The van der Waals surface area contributed by atoms with E-state index in [2.05, 4.69) is 57.3 Å². The van der Waals surface area contributed by atoms with E-state index >= 15 is 0 Å². The lowest BCUT2D eigenvalue weighted by Crippen LogP contribution is -2.52. The van der Waals surface area contributed by atoms with Crippen molar-refractivity contribution in [2.75, 3.05) is 23.7 Å². The Labute approximate surface area is 170 Å². The number of phenols is 1. The molecule has 0 spiro atoms. The number of hydrogen-bond donors (Lipinski definition) is 2. The first-order valence-electron chi connectivity index (χ1n) is 10.0. The lowest BCUT2D eigenvalue weighted by molar-refractivity contribution is 0.214. The number of rotatable bonds is 4. The Hall–Kier alpha value is -3.12. The molecular formula is C23H25N5O. The van der Waals surface area contributed by atoms with Crippen LogP contribution in [0.5, 0.6) is 5.75 Å². The molecule has 0 aliphatic carbocycles. The zero-order valence-corrected chi connectivity index (χ0v) is 16.5. The Morgan fingerprint density at radius 1 is 1.10 bits per heavy atom. The van der Waals surface area contributed by atoms with E-state index in [1.807, 2.05) is 18.2 Å². The van der Waals surface area contributed by atoms with Crippen LogP contribution in [0.15, 0.2) is 60.7 Å². The van der Waals surface area contributed by atoms with Gasteiger partial charge in [0.15, 0.2) is 5.82 Å². The first-order valence-corrected chi connectivity index (χ1v) is 10.0. The Bertz CT molecular complexity index is 1040. The topological polar surface area (TPSA) is 78.5 Å². The van der Waals surface area contributed by atoms with Gasteiger partial charge in [-0.1, -0.05) is 42.5 Å². The van der Waals surface area contributed by atoms with Crippen LogP contribution in [0, 0.1) is 0 Å². The van der Waals surface area contributed by atoms with Gasteiger partial charge in [-0.25, -0.2) is 0 Å². The Balaban J connectivity index is 1.42. The highest BCUT2D eigenvalue weighted by Gasteiger charge is 2.52.